The third kappa shape index (κ3) is 1.80. The molecule has 1 amide bonds. The Bertz CT molecular complexity index is 448. The second-order valence-corrected chi connectivity index (χ2v) is 2.70. The number of carbonyl (C=O) groups excluding carboxylic acids is 1. The number of carbonyl (C=O) groups is 1. The summed E-state index contributed by atoms with van der Waals surface area (Å²) in [7, 11) is 1.54. The topological polar surface area (TPSA) is 85.6 Å². The first-order chi connectivity index (χ1) is 7.31. The standard InChI is InChI=1S/C8H8N6O/c1-9-8(15)6-2-3-7(13-12-6)14-5-10-4-11-14/h2-5H,1H3,(H,9,15). The monoisotopic (exact) mass is 204 g/mol. The van der Waals surface area contributed by atoms with Crippen molar-refractivity contribution >= 4 is 5.91 Å². The summed E-state index contributed by atoms with van der Waals surface area (Å²) >= 11 is 0. The number of aromatic nitrogens is 5. The predicted octanol–water partition coefficient (Wildman–Crippen LogP) is -0.583. The smallest absolute Gasteiger partial charge is 0.271 e. The molecule has 0 aliphatic rings. The number of amides is 1. The maximum Gasteiger partial charge on any atom is 0.271 e. The fourth-order valence-corrected chi connectivity index (χ4v) is 1.02. The van der Waals surface area contributed by atoms with Crippen molar-refractivity contribution in [2.45, 2.75) is 0 Å². The molecule has 0 bridgehead atoms. The molecule has 0 radical (unpaired) electrons. The van der Waals surface area contributed by atoms with Crippen LogP contribution in [0.15, 0.2) is 24.8 Å². The molecule has 0 atom stereocenters. The lowest BCUT2D eigenvalue weighted by molar-refractivity contribution is 0.0957. The summed E-state index contributed by atoms with van der Waals surface area (Å²) in [6, 6.07) is 3.22. The Morgan fingerprint density at radius 1 is 1.40 bits per heavy atom. The number of hydrogen-bond acceptors (Lipinski definition) is 5. The van der Waals surface area contributed by atoms with Crippen molar-refractivity contribution in [3.8, 4) is 5.82 Å². The maximum absolute atomic E-state index is 11.2. The van der Waals surface area contributed by atoms with Gasteiger partial charge >= 0.3 is 0 Å². The minimum atomic E-state index is -0.271. The molecule has 0 fully saturated rings. The average molecular weight is 204 g/mol. The summed E-state index contributed by atoms with van der Waals surface area (Å²) in [5, 5.41) is 13.9. The van der Waals surface area contributed by atoms with E-state index in [0.717, 1.165) is 0 Å². The number of rotatable bonds is 2. The molecule has 2 aromatic heterocycles. The van der Waals surface area contributed by atoms with Crippen molar-refractivity contribution in [3.05, 3.63) is 30.5 Å². The van der Waals surface area contributed by atoms with Crippen LogP contribution in [-0.2, 0) is 0 Å². The molecule has 0 aliphatic carbocycles. The summed E-state index contributed by atoms with van der Waals surface area (Å²) in [4.78, 5) is 14.9. The van der Waals surface area contributed by atoms with E-state index in [1.165, 1.54) is 24.4 Å². The first kappa shape index (κ1) is 9.25. The fourth-order valence-electron chi connectivity index (χ4n) is 1.02. The van der Waals surface area contributed by atoms with Gasteiger partial charge in [0.2, 0.25) is 0 Å². The lowest BCUT2D eigenvalue weighted by Crippen LogP contribution is -2.19. The van der Waals surface area contributed by atoms with Gasteiger partial charge in [-0.2, -0.15) is 5.10 Å². The van der Waals surface area contributed by atoms with Gasteiger partial charge in [0, 0.05) is 7.05 Å². The maximum atomic E-state index is 11.2. The van der Waals surface area contributed by atoms with Gasteiger partial charge < -0.3 is 5.32 Å². The minimum Gasteiger partial charge on any atom is -0.354 e. The molecule has 0 unspecified atom stereocenters. The van der Waals surface area contributed by atoms with Gasteiger partial charge in [0.05, 0.1) is 0 Å². The van der Waals surface area contributed by atoms with Gasteiger partial charge in [-0.3, -0.25) is 4.79 Å². The molecule has 2 heterocycles. The molecule has 1 N–H and O–H groups in total. The van der Waals surface area contributed by atoms with Gasteiger partial charge in [-0.25, -0.2) is 9.67 Å². The quantitative estimate of drug-likeness (QED) is 0.707. The van der Waals surface area contributed by atoms with Crippen molar-refractivity contribution in [3.63, 3.8) is 0 Å². The molecular weight excluding hydrogens is 196 g/mol. The first-order valence-corrected chi connectivity index (χ1v) is 4.22. The highest BCUT2D eigenvalue weighted by Gasteiger charge is 2.06. The number of nitrogens with one attached hydrogen (secondary N) is 1. The van der Waals surface area contributed by atoms with E-state index in [0.29, 0.717) is 5.82 Å². The molecule has 2 rings (SSSR count). The van der Waals surface area contributed by atoms with Gasteiger partial charge in [-0.1, -0.05) is 0 Å². The van der Waals surface area contributed by atoms with Crippen LogP contribution >= 0.6 is 0 Å². The zero-order valence-electron chi connectivity index (χ0n) is 7.95. The molecule has 76 valence electrons. The Balaban J connectivity index is 2.29. The van der Waals surface area contributed by atoms with Crippen LogP contribution in [0.5, 0.6) is 0 Å². The van der Waals surface area contributed by atoms with Crippen LogP contribution in [-0.4, -0.2) is 37.9 Å². The summed E-state index contributed by atoms with van der Waals surface area (Å²) in [6.45, 7) is 0. The first-order valence-electron chi connectivity index (χ1n) is 4.22. The van der Waals surface area contributed by atoms with Gasteiger partial charge in [-0.05, 0) is 12.1 Å². The van der Waals surface area contributed by atoms with Gasteiger partial charge in [0.15, 0.2) is 11.5 Å². The van der Waals surface area contributed by atoms with Gasteiger partial charge in [0.1, 0.15) is 12.7 Å². The minimum absolute atomic E-state index is 0.265. The van der Waals surface area contributed by atoms with Crippen LogP contribution in [0, 0.1) is 0 Å². The summed E-state index contributed by atoms with van der Waals surface area (Å²) in [5.41, 5.74) is 0.265. The van der Waals surface area contributed by atoms with E-state index in [4.69, 9.17) is 0 Å². The predicted molar refractivity (Wildman–Crippen MR) is 50.3 cm³/mol. The van der Waals surface area contributed by atoms with E-state index in [-0.39, 0.29) is 11.6 Å². The van der Waals surface area contributed by atoms with Crippen LogP contribution in [0.1, 0.15) is 10.5 Å². The molecule has 0 aromatic carbocycles. The molecule has 0 saturated heterocycles. The van der Waals surface area contributed by atoms with Crippen LogP contribution in [0.2, 0.25) is 0 Å². The van der Waals surface area contributed by atoms with E-state index in [1.807, 2.05) is 0 Å². The highest BCUT2D eigenvalue weighted by molar-refractivity contribution is 5.91. The van der Waals surface area contributed by atoms with Crippen molar-refractivity contribution in [2.75, 3.05) is 7.05 Å². The van der Waals surface area contributed by atoms with Crippen molar-refractivity contribution in [1.82, 2.24) is 30.3 Å². The highest BCUT2D eigenvalue weighted by Crippen LogP contribution is 2.00. The normalized spacial score (nSPS) is 9.93. The van der Waals surface area contributed by atoms with Crippen molar-refractivity contribution in [2.24, 2.45) is 0 Å². The molecule has 2 aromatic rings. The summed E-state index contributed by atoms with van der Waals surface area (Å²) in [6.07, 6.45) is 2.90. The van der Waals surface area contributed by atoms with E-state index >= 15 is 0 Å². The third-order valence-electron chi connectivity index (χ3n) is 1.76. The van der Waals surface area contributed by atoms with E-state index in [1.54, 1.807) is 12.1 Å². The molecule has 0 saturated carbocycles. The zero-order valence-corrected chi connectivity index (χ0v) is 7.95. The lowest BCUT2D eigenvalue weighted by Gasteiger charge is -1.99. The molecule has 0 aliphatic heterocycles. The molecule has 15 heavy (non-hydrogen) atoms. The SMILES string of the molecule is CNC(=O)c1ccc(-n2cncn2)nn1. The second-order valence-electron chi connectivity index (χ2n) is 2.70. The average Bonchev–Trinajstić information content (AvgIpc) is 2.82. The second kappa shape index (κ2) is 3.82. The lowest BCUT2D eigenvalue weighted by atomic mass is 10.3. The molecular formula is C8H8N6O. The number of hydrogen-bond donors (Lipinski definition) is 1. The molecule has 7 nitrogen and oxygen atoms in total. The molecule has 0 spiro atoms. The summed E-state index contributed by atoms with van der Waals surface area (Å²) < 4.78 is 1.46. The van der Waals surface area contributed by atoms with Crippen LogP contribution < -0.4 is 5.32 Å². The van der Waals surface area contributed by atoms with E-state index < -0.39 is 0 Å². The Kier molecular flexibility index (Phi) is 2.36. The van der Waals surface area contributed by atoms with Crippen LogP contribution in [0.3, 0.4) is 0 Å². The Morgan fingerprint density at radius 2 is 2.27 bits per heavy atom. The largest absolute Gasteiger partial charge is 0.354 e. The van der Waals surface area contributed by atoms with Crippen LogP contribution in [0.4, 0.5) is 0 Å². The zero-order chi connectivity index (χ0) is 10.7. The fraction of sp³-hybridized carbons (Fsp3) is 0.125. The number of nitrogens with zero attached hydrogens (tertiary/aromatic N) is 5. The van der Waals surface area contributed by atoms with E-state index in [2.05, 4.69) is 25.6 Å². The van der Waals surface area contributed by atoms with Crippen molar-refractivity contribution < 1.29 is 4.79 Å². The van der Waals surface area contributed by atoms with Gasteiger partial charge in [-0.15, -0.1) is 10.2 Å². The third-order valence-corrected chi connectivity index (χ3v) is 1.76. The Morgan fingerprint density at radius 3 is 2.80 bits per heavy atom. The Hall–Kier alpha value is -2.31. The molecule has 7 heteroatoms. The van der Waals surface area contributed by atoms with Gasteiger partial charge in [0.25, 0.3) is 5.91 Å². The Labute approximate surface area is 85.2 Å². The van der Waals surface area contributed by atoms with E-state index in [9.17, 15) is 4.79 Å². The van der Waals surface area contributed by atoms with Crippen molar-refractivity contribution in [1.29, 1.82) is 0 Å². The van der Waals surface area contributed by atoms with Crippen LogP contribution in [0.25, 0.3) is 5.82 Å². The summed E-state index contributed by atoms with van der Waals surface area (Å²) in [5.74, 6) is 0.243. The highest BCUT2D eigenvalue weighted by atomic mass is 16.1.